The maximum Gasteiger partial charge on any atom is 0.237 e. The fourth-order valence-electron chi connectivity index (χ4n) is 2.45. The Bertz CT molecular complexity index is 565. The van der Waals surface area contributed by atoms with Gasteiger partial charge in [0.2, 0.25) is 11.8 Å². The molecule has 2 rings (SSSR count). The number of nitrogens with zero attached hydrogens (tertiary/aromatic N) is 1. The van der Waals surface area contributed by atoms with Crippen molar-refractivity contribution in [3.8, 4) is 5.75 Å². The number of amides is 2. The number of carbonyl (C=O) groups excluding carboxylic acids is 2. The van der Waals surface area contributed by atoms with Crippen LogP contribution in [0.3, 0.4) is 0 Å². The van der Waals surface area contributed by atoms with Crippen molar-refractivity contribution in [3.05, 3.63) is 29.6 Å². The van der Waals surface area contributed by atoms with Crippen LogP contribution in [0.5, 0.6) is 5.75 Å². The van der Waals surface area contributed by atoms with Crippen molar-refractivity contribution in [3.63, 3.8) is 0 Å². The molecule has 0 radical (unpaired) electrons. The molecule has 22 heavy (non-hydrogen) atoms. The minimum absolute atomic E-state index is 0.0557. The summed E-state index contributed by atoms with van der Waals surface area (Å²) in [5, 5.41) is 5.24. The summed E-state index contributed by atoms with van der Waals surface area (Å²) in [5.41, 5.74) is 0.470. The molecule has 0 aromatic heterocycles. The van der Waals surface area contributed by atoms with Crippen LogP contribution in [0.4, 0.5) is 4.39 Å². The van der Waals surface area contributed by atoms with Crippen LogP contribution in [-0.4, -0.2) is 50.0 Å². The summed E-state index contributed by atoms with van der Waals surface area (Å²) in [7, 11) is 3.00. The summed E-state index contributed by atoms with van der Waals surface area (Å²) in [6, 6.07) is 4.04. The van der Waals surface area contributed by atoms with Crippen molar-refractivity contribution in [1.82, 2.24) is 15.5 Å². The third-order valence-electron chi connectivity index (χ3n) is 3.73. The van der Waals surface area contributed by atoms with Gasteiger partial charge < -0.3 is 15.4 Å². The van der Waals surface area contributed by atoms with E-state index in [1.165, 1.54) is 20.2 Å². The molecule has 1 fully saturated rings. The minimum Gasteiger partial charge on any atom is -0.497 e. The van der Waals surface area contributed by atoms with Gasteiger partial charge in [-0.05, 0) is 6.07 Å². The standard InChI is InChI=1S/C15H20FN3O3/c1-17-14(20)8-13-15(21)18-5-6-19(13)9-10-3-4-11(22-2)7-12(10)16/h3-4,7,13H,5-6,8-9H2,1-2H3,(H,17,20)(H,18,21). The molecular weight excluding hydrogens is 289 g/mol. The van der Waals surface area contributed by atoms with Gasteiger partial charge in [-0.3, -0.25) is 14.5 Å². The van der Waals surface area contributed by atoms with Gasteiger partial charge in [-0.25, -0.2) is 4.39 Å². The third kappa shape index (κ3) is 3.73. The Balaban J connectivity index is 2.14. The number of piperazine rings is 1. The lowest BCUT2D eigenvalue weighted by Gasteiger charge is -2.34. The van der Waals surface area contributed by atoms with E-state index in [9.17, 15) is 14.0 Å². The van der Waals surface area contributed by atoms with Crippen LogP contribution in [0.2, 0.25) is 0 Å². The van der Waals surface area contributed by atoms with E-state index in [4.69, 9.17) is 4.74 Å². The highest BCUT2D eigenvalue weighted by Gasteiger charge is 2.31. The fourth-order valence-corrected chi connectivity index (χ4v) is 2.45. The van der Waals surface area contributed by atoms with E-state index in [0.29, 0.717) is 24.4 Å². The van der Waals surface area contributed by atoms with Gasteiger partial charge in [0.05, 0.1) is 19.6 Å². The van der Waals surface area contributed by atoms with E-state index in [1.54, 1.807) is 12.1 Å². The molecular formula is C15H20FN3O3. The summed E-state index contributed by atoms with van der Waals surface area (Å²) >= 11 is 0. The Morgan fingerprint density at radius 3 is 2.95 bits per heavy atom. The highest BCUT2D eigenvalue weighted by atomic mass is 19.1. The number of carbonyl (C=O) groups is 2. The monoisotopic (exact) mass is 309 g/mol. The Morgan fingerprint density at radius 1 is 1.55 bits per heavy atom. The van der Waals surface area contributed by atoms with Gasteiger partial charge in [-0.2, -0.15) is 0 Å². The summed E-state index contributed by atoms with van der Waals surface area (Å²) in [6.07, 6.45) is 0.0557. The predicted octanol–water partition coefficient (Wildman–Crippen LogP) is 0.271. The molecule has 0 aliphatic carbocycles. The molecule has 2 amide bonds. The average Bonchev–Trinajstić information content (AvgIpc) is 2.52. The summed E-state index contributed by atoms with van der Waals surface area (Å²) in [4.78, 5) is 25.4. The number of halogens is 1. The van der Waals surface area contributed by atoms with Crippen LogP contribution >= 0.6 is 0 Å². The molecule has 1 saturated heterocycles. The molecule has 1 unspecified atom stereocenters. The maximum absolute atomic E-state index is 14.1. The fraction of sp³-hybridized carbons (Fsp3) is 0.467. The zero-order valence-corrected chi connectivity index (χ0v) is 12.7. The zero-order chi connectivity index (χ0) is 16.1. The van der Waals surface area contributed by atoms with Crippen molar-refractivity contribution < 1.29 is 18.7 Å². The molecule has 0 spiro atoms. The van der Waals surface area contributed by atoms with Crippen molar-refractivity contribution in [2.45, 2.75) is 19.0 Å². The van der Waals surface area contributed by atoms with Gasteiger partial charge >= 0.3 is 0 Å². The van der Waals surface area contributed by atoms with E-state index in [2.05, 4.69) is 10.6 Å². The van der Waals surface area contributed by atoms with Crippen molar-refractivity contribution >= 4 is 11.8 Å². The van der Waals surface area contributed by atoms with Gasteiger partial charge in [0.25, 0.3) is 0 Å². The van der Waals surface area contributed by atoms with Gasteiger partial charge in [-0.15, -0.1) is 0 Å². The minimum atomic E-state index is -0.588. The lowest BCUT2D eigenvalue weighted by Crippen LogP contribution is -2.56. The molecule has 1 aliphatic rings. The molecule has 1 atom stereocenters. The Morgan fingerprint density at radius 2 is 2.32 bits per heavy atom. The van der Waals surface area contributed by atoms with E-state index >= 15 is 0 Å². The van der Waals surface area contributed by atoms with E-state index < -0.39 is 6.04 Å². The second-order valence-corrected chi connectivity index (χ2v) is 5.11. The number of methoxy groups -OCH3 is 1. The first kappa shape index (κ1) is 16.2. The van der Waals surface area contributed by atoms with E-state index in [0.717, 1.165) is 0 Å². The Labute approximate surface area is 128 Å². The highest BCUT2D eigenvalue weighted by Crippen LogP contribution is 2.20. The summed E-state index contributed by atoms with van der Waals surface area (Å²) < 4.78 is 19.0. The number of ether oxygens (including phenoxy) is 1. The van der Waals surface area contributed by atoms with Crippen LogP contribution in [0, 0.1) is 5.82 Å². The Kier molecular flexibility index (Phi) is 5.32. The predicted molar refractivity (Wildman–Crippen MR) is 78.8 cm³/mol. The van der Waals surface area contributed by atoms with Crippen LogP contribution < -0.4 is 15.4 Å². The lowest BCUT2D eigenvalue weighted by atomic mass is 10.1. The summed E-state index contributed by atoms with van der Waals surface area (Å²) in [5.74, 6) is -0.366. The van der Waals surface area contributed by atoms with Crippen LogP contribution in [0.15, 0.2) is 18.2 Å². The van der Waals surface area contributed by atoms with E-state index in [-0.39, 0.29) is 30.6 Å². The molecule has 7 heteroatoms. The molecule has 1 aliphatic heterocycles. The smallest absolute Gasteiger partial charge is 0.237 e. The summed E-state index contributed by atoms with van der Waals surface area (Å²) in [6.45, 7) is 1.32. The molecule has 1 aromatic rings. The molecule has 1 aromatic carbocycles. The van der Waals surface area contributed by atoms with E-state index in [1.807, 2.05) is 4.90 Å². The van der Waals surface area contributed by atoms with Crippen LogP contribution in [0.25, 0.3) is 0 Å². The zero-order valence-electron chi connectivity index (χ0n) is 12.7. The molecule has 1 heterocycles. The van der Waals surface area contributed by atoms with Gasteiger partial charge in [0, 0.05) is 38.3 Å². The van der Waals surface area contributed by atoms with Crippen LogP contribution in [0.1, 0.15) is 12.0 Å². The second-order valence-electron chi connectivity index (χ2n) is 5.11. The first-order chi connectivity index (χ1) is 10.5. The average molecular weight is 309 g/mol. The van der Waals surface area contributed by atoms with Crippen molar-refractivity contribution in [2.75, 3.05) is 27.2 Å². The van der Waals surface area contributed by atoms with Gasteiger partial charge in [-0.1, -0.05) is 6.07 Å². The highest BCUT2D eigenvalue weighted by molar-refractivity contribution is 5.88. The largest absolute Gasteiger partial charge is 0.497 e. The SMILES string of the molecule is CNC(=O)CC1C(=O)NCCN1Cc1ccc(OC)cc1F. The quantitative estimate of drug-likeness (QED) is 0.819. The second kappa shape index (κ2) is 7.22. The lowest BCUT2D eigenvalue weighted by molar-refractivity contribution is -0.134. The van der Waals surface area contributed by atoms with Crippen molar-refractivity contribution in [1.29, 1.82) is 0 Å². The molecule has 120 valence electrons. The number of benzene rings is 1. The Hall–Kier alpha value is -2.15. The molecule has 0 saturated carbocycles. The van der Waals surface area contributed by atoms with Gasteiger partial charge in [0.1, 0.15) is 11.6 Å². The molecule has 2 N–H and O–H groups in total. The first-order valence-corrected chi connectivity index (χ1v) is 7.10. The number of nitrogens with one attached hydrogen (secondary N) is 2. The normalized spacial score (nSPS) is 18.7. The maximum atomic E-state index is 14.1. The third-order valence-corrected chi connectivity index (χ3v) is 3.73. The van der Waals surface area contributed by atoms with Crippen molar-refractivity contribution in [2.24, 2.45) is 0 Å². The number of rotatable bonds is 5. The van der Waals surface area contributed by atoms with Gasteiger partial charge in [0.15, 0.2) is 0 Å². The molecule has 6 nitrogen and oxygen atoms in total. The first-order valence-electron chi connectivity index (χ1n) is 7.10. The molecule has 0 bridgehead atoms. The number of hydrogen-bond donors (Lipinski definition) is 2. The van der Waals surface area contributed by atoms with Crippen LogP contribution in [-0.2, 0) is 16.1 Å². The topological polar surface area (TPSA) is 70.7 Å². The number of hydrogen-bond acceptors (Lipinski definition) is 4.